The molecule has 1 aliphatic rings. The maximum absolute atomic E-state index is 14.8. The Morgan fingerprint density at radius 2 is 2.14 bits per heavy atom. The molecule has 0 aliphatic carbocycles. The van der Waals surface area contributed by atoms with E-state index in [1.807, 2.05) is 0 Å². The van der Waals surface area contributed by atoms with E-state index in [9.17, 15) is 22.8 Å². The molecular formula is C18H25BrF2N4O2S2. The van der Waals surface area contributed by atoms with Gasteiger partial charge in [-0.15, -0.1) is 4.72 Å². The van der Waals surface area contributed by atoms with Crippen LogP contribution in [0.1, 0.15) is 46.2 Å². The molecule has 0 aromatic carbocycles. The van der Waals surface area contributed by atoms with Gasteiger partial charge in [-0.2, -0.15) is 5.26 Å². The molecule has 6 nitrogen and oxygen atoms in total. The van der Waals surface area contributed by atoms with Gasteiger partial charge in [0.2, 0.25) is 0 Å². The minimum Gasteiger partial charge on any atom is -0.598 e. The zero-order valence-electron chi connectivity index (χ0n) is 16.8. The molecule has 0 saturated heterocycles. The van der Waals surface area contributed by atoms with Crippen LogP contribution in [0.15, 0.2) is 21.1 Å². The third kappa shape index (κ3) is 4.93. The molecule has 0 unspecified atom stereocenters. The third-order valence-electron chi connectivity index (χ3n) is 4.83. The van der Waals surface area contributed by atoms with Crippen molar-refractivity contribution in [2.75, 3.05) is 19.0 Å². The Hall–Kier alpha value is -0.800. The van der Waals surface area contributed by atoms with Crippen molar-refractivity contribution in [1.29, 1.82) is 5.26 Å². The summed E-state index contributed by atoms with van der Waals surface area (Å²) in [6, 6.07) is 4.52. The van der Waals surface area contributed by atoms with Crippen LogP contribution in [0.4, 0.5) is 8.78 Å². The van der Waals surface area contributed by atoms with E-state index < -0.39 is 54.4 Å². The first-order chi connectivity index (χ1) is 13.3. The highest BCUT2D eigenvalue weighted by molar-refractivity contribution is 9.10. The van der Waals surface area contributed by atoms with Gasteiger partial charge in [0.1, 0.15) is 37.8 Å². The van der Waals surface area contributed by atoms with E-state index in [1.54, 1.807) is 20.8 Å². The molecule has 0 saturated carbocycles. The van der Waals surface area contributed by atoms with Crippen molar-refractivity contribution in [2.45, 2.75) is 55.6 Å². The maximum atomic E-state index is 14.8. The van der Waals surface area contributed by atoms with Crippen LogP contribution in [0.2, 0.25) is 0 Å². The predicted octanol–water partition coefficient (Wildman–Crippen LogP) is 3.74. The number of pyridine rings is 1. The summed E-state index contributed by atoms with van der Waals surface area (Å²) in [5.74, 6) is -1.36. The molecule has 11 heteroatoms. The first-order valence-corrected chi connectivity index (χ1v) is 12.6. The van der Waals surface area contributed by atoms with Gasteiger partial charge >= 0.3 is 0 Å². The zero-order chi connectivity index (χ0) is 22.1. The number of hydrogen-bond donors (Lipinski definition) is 1. The fourth-order valence-corrected chi connectivity index (χ4v) is 6.92. The number of nitrogens with zero attached hydrogens (tertiary/aromatic N) is 3. The van der Waals surface area contributed by atoms with Gasteiger partial charge in [-0.1, -0.05) is 0 Å². The van der Waals surface area contributed by atoms with Gasteiger partial charge in [0.25, 0.3) is 0 Å². The molecule has 0 amide bonds. The fourth-order valence-electron chi connectivity index (χ4n) is 2.96. The number of aromatic nitrogens is 1. The smallest absolute Gasteiger partial charge is 0.149 e. The van der Waals surface area contributed by atoms with Crippen molar-refractivity contribution in [3.8, 4) is 6.07 Å². The maximum Gasteiger partial charge on any atom is 0.149 e. The van der Waals surface area contributed by atoms with Gasteiger partial charge in [-0.05, 0) is 68.6 Å². The molecule has 2 rings (SSSR count). The molecule has 1 aliphatic heterocycles. The lowest BCUT2D eigenvalue weighted by Crippen LogP contribution is -2.58. The van der Waals surface area contributed by atoms with Gasteiger partial charge in [-0.3, -0.25) is 0 Å². The van der Waals surface area contributed by atoms with Crippen molar-refractivity contribution in [3.05, 3.63) is 28.2 Å². The molecule has 4 atom stereocenters. The van der Waals surface area contributed by atoms with E-state index in [2.05, 4.69) is 36.1 Å². The summed E-state index contributed by atoms with van der Waals surface area (Å²) in [6.07, 6.45) is 0.902. The zero-order valence-corrected chi connectivity index (χ0v) is 20.0. The molecule has 1 aromatic heterocycles. The van der Waals surface area contributed by atoms with Crippen molar-refractivity contribution in [3.63, 3.8) is 0 Å². The average molecular weight is 511 g/mol. The van der Waals surface area contributed by atoms with Crippen LogP contribution in [0, 0.1) is 17.1 Å². The van der Waals surface area contributed by atoms with E-state index >= 15 is 0 Å². The quantitative estimate of drug-likeness (QED) is 0.463. The highest BCUT2D eigenvalue weighted by atomic mass is 79.9. The Kier molecular flexibility index (Phi) is 7.38. The fraction of sp³-hybridized carbons (Fsp3) is 0.667. The second kappa shape index (κ2) is 8.75. The van der Waals surface area contributed by atoms with Crippen LogP contribution < -0.4 is 4.72 Å². The number of nitrogens with one attached hydrogen (secondary N) is 1. The number of hydrogen-bond acceptors (Lipinski definition) is 6. The first kappa shape index (κ1) is 24.5. The Bertz CT molecular complexity index is 927. The lowest BCUT2D eigenvalue weighted by Gasteiger charge is -2.39. The van der Waals surface area contributed by atoms with Gasteiger partial charge in [0.05, 0.1) is 21.6 Å². The highest BCUT2D eigenvalue weighted by Crippen LogP contribution is 2.37. The summed E-state index contributed by atoms with van der Waals surface area (Å²) < 4.78 is 61.1. The van der Waals surface area contributed by atoms with E-state index in [0.29, 0.717) is 12.8 Å². The number of halogens is 3. The van der Waals surface area contributed by atoms with E-state index in [-0.39, 0.29) is 16.8 Å². The van der Waals surface area contributed by atoms with E-state index in [4.69, 9.17) is 0 Å². The Labute approximate surface area is 182 Å². The molecule has 1 aromatic rings. The third-order valence-corrected chi connectivity index (χ3v) is 10.1. The summed E-state index contributed by atoms with van der Waals surface area (Å²) in [5, 5.41) is 9.68. The lowest BCUT2D eigenvalue weighted by atomic mass is 9.99. The molecule has 0 bridgehead atoms. The minimum absolute atomic E-state index is 0.244. The van der Waals surface area contributed by atoms with Crippen molar-refractivity contribution in [1.82, 2.24) is 9.71 Å². The van der Waals surface area contributed by atoms with Gasteiger partial charge in [-0.25, -0.2) is 22.3 Å². The summed E-state index contributed by atoms with van der Waals surface area (Å²) in [6.45, 7) is 5.57. The van der Waals surface area contributed by atoms with Crippen molar-refractivity contribution in [2.24, 2.45) is 4.36 Å². The molecule has 2 heterocycles. The van der Waals surface area contributed by atoms with Gasteiger partial charge in [0, 0.05) is 17.9 Å². The first-order valence-electron chi connectivity index (χ1n) is 9.02. The standard InChI is InChI=1S/C18H25BrF2N4O2S2/c1-16(2,3)28(26)25-18(10-20,15-13(21)6-7-14(19)24-15)12-29(27)17(4,11-22)8-5-9-23-29/h6-7,25H,5,8-10,12H2,1-4H3/t17-,18-,28+,29+/m0/s1. The topological polar surface area (TPSA) is 101 Å². The minimum atomic E-state index is -3.31. The van der Waals surface area contributed by atoms with E-state index in [0.717, 1.165) is 6.07 Å². The van der Waals surface area contributed by atoms with Gasteiger partial charge < -0.3 is 4.55 Å². The summed E-state index contributed by atoms with van der Waals surface area (Å²) in [7, 11) is -3.31. The Balaban J connectivity index is 2.70. The summed E-state index contributed by atoms with van der Waals surface area (Å²) in [4.78, 5) is 4.08. The normalized spacial score (nSPS) is 28.1. The highest BCUT2D eigenvalue weighted by Gasteiger charge is 2.51. The van der Waals surface area contributed by atoms with Crippen LogP contribution in [0.5, 0.6) is 0 Å². The predicted molar refractivity (Wildman–Crippen MR) is 114 cm³/mol. The molecule has 1 N–H and O–H groups in total. The van der Waals surface area contributed by atoms with Crippen LogP contribution in [-0.2, 0) is 26.6 Å². The second-order valence-electron chi connectivity index (χ2n) is 8.25. The molecule has 0 radical (unpaired) electrons. The largest absolute Gasteiger partial charge is 0.598 e. The number of rotatable bonds is 6. The van der Waals surface area contributed by atoms with Crippen LogP contribution in [0.25, 0.3) is 0 Å². The summed E-state index contributed by atoms with van der Waals surface area (Å²) >= 11 is 1.31. The molecule has 162 valence electrons. The van der Waals surface area contributed by atoms with E-state index in [1.165, 1.54) is 13.0 Å². The molecule has 0 spiro atoms. The summed E-state index contributed by atoms with van der Waals surface area (Å²) in [5.41, 5.74) is -2.34. The lowest BCUT2D eigenvalue weighted by molar-refractivity contribution is 0.292. The van der Waals surface area contributed by atoms with Crippen LogP contribution in [-0.4, -0.2) is 42.2 Å². The Morgan fingerprint density at radius 1 is 1.48 bits per heavy atom. The van der Waals surface area contributed by atoms with Crippen LogP contribution in [0.3, 0.4) is 0 Å². The van der Waals surface area contributed by atoms with Crippen LogP contribution >= 0.6 is 15.9 Å². The Morgan fingerprint density at radius 3 is 2.69 bits per heavy atom. The molecule has 0 fully saturated rings. The number of nitriles is 1. The van der Waals surface area contributed by atoms with Gasteiger partial charge in [0.15, 0.2) is 0 Å². The SMILES string of the molecule is CC(C)(C)[S@@+]([O-])N[C@@](CF)(C[S@]1(=O)=NCCC[C@@]1(C)C#N)c1nc(Br)ccc1F. The van der Waals surface area contributed by atoms with Crippen molar-refractivity contribution >= 4 is 37.0 Å². The van der Waals surface area contributed by atoms with Crippen molar-refractivity contribution < 1.29 is 17.5 Å². The number of alkyl halides is 1. The monoisotopic (exact) mass is 510 g/mol. The molecule has 29 heavy (non-hydrogen) atoms. The molecular weight excluding hydrogens is 486 g/mol. The average Bonchev–Trinajstić information content (AvgIpc) is 2.65. The second-order valence-corrected chi connectivity index (χ2v) is 13.8.